The molecule has 0 aliphatic heterocycles. The van der Waals surface area contributed by atoms with Crippen LogP contribution < -0.4 is 5.32 Å². The third-order valence-corrected chi connectivity index (χ3v) is 4.23. The second kappa shape index (κ2) is 4.64. The van der Waals surface area contributed by atoms with Crippen molar-refractivity contribution in [1.82, 2.24) is 5.32 Å². The summed E-state index contributed by atoms with van der Waals surface area (Å²) in [7, 11) is 0. The van der Waals surface area contributed by atoms with Crippen LogP contribution in [0.15, 0.2) is 17.5 Å². The number of nitriles is 1. The first-order valence-electron chi connectivity index (χ1n) is 4.85. The highest BCUT2D eigenvalue weighted by Crippen LogP contribution is 2.29. The van der Waals surface area contributed by atoms with Crippen LogP contribution in [0.3, 0.4) is 0 Å². The fraction of sp³-hybridized carbons (Fsp3) is 0.273. The Balaban J connectivity index is 2.10. The summed E-state index contributed by atoms with van der Waals surface area (Å²) >= 11 is 3.12. The molecule has 16 heavy (non-hydrogen) atoms. The molecule has 0 aliphatic rings. The molecule has 0 fully saturated rings. The van der Waals surface area contributed by atoms with E-state index in [4.69, 9.17) is 5.26 Å². The van der Waals surface area contributed by atoms with Crippen LogP contribution >= 0.6 is 22.7 Å². The molecule has 5 heteroatoms. The average Bonchev–Trinajstić information content (AvgIpc) is 2.76. The molecular weight excluding hydrogens is 240 g/mol. The Morgan fingerprint density at radius 1 is 1.62 bits per heavy atom. The summed E-state index contributed by atoms with van der Waals surface area (Å²) in [5, 5.41) is 13.3. The first-order valence-corrected chi connectivity index (χ1v) is 6.55. The molecule has 1 unspecified atom stereocenters. The van der Waals surface area contributed by atoms with Gasteiger partial charge in [0.05, 0.1) is 17.4 Å². The molecule has 0 bridgehead atoms. The third kappa shape index (κ3) is 2.23. The molecule has 2 aromatic rings. The minimum Gasteiger partial charge on any atom is -0.348 e. The zero-order valence-electron chi connectivity index (χ0n) is 8.69. The standard InChI is InChI=1S/C11H10N2OS2/c1-7(2-4-12)13-11(14)10-6-9-8(16-10)3-5-15-9/h3,5-7H,2H2,1H3,(H,13,14). The van der Waals surface area contributed by atoms with Crippen LogP contribution in [0.2, 0.25) is 0 Å². The molecule has 0 aromatic carbocycles. The second-order valence-electron chi connectivity index (χ2n) is 3.50. The Kier molecular flexibility index (Phi) is 3.22. The fourth-order valence-electron chi connectivity index (χ4n) is 1.36. The molecule has 2 heterocycles. The molecule has 1 atom stereocenters. The molecule has 0 spiro atoms. The lowest BCUT2D eigenvalue weighted by Gasteiger charge is -2.08. The number of rotatable bonds is 3. The average molecular weight is 250 g/mol. The molecule has 1 N–H and O–H groups in total. The number of nitrogens with one attached hydrogen (secondary N) is 1. The number of thiophene rings is 2. The van der Waals surface area contributed by atoms with Gasteiger partial charge in [-0.1, -0.05) is 0 Å². The Bertz CT molecular complexity index is 521. The number of hydrogen-bond acceptors (Lipinski definition) is 4. The number of fused-ring (bicyclic) bond motifs is 1. The van der Waals surface area contributed by atoms with E-state index in [1.807, 2.05) is 30.5 Å². The Hall–Kier alpha value is -1.38. The van der Waals surface area contributed by atoms with Crippen molar-refractivity contribution in [3.63, 3.8) is 0 Å². The van der Waals surface area contributed by atoms with Crippen LogP contribution in [0.25, 0.3) is 9.40 Å². The lowest BCUT2D eigenvalue weighted by molar-refractivity contribution is 0.0945. The summed E-state index contributed by atoms with van der Waals surface area (Å²) in [6.07, 6.45) is 0.339. The van der Waals surface area contributed by atoms with Crippen LogP contribution in [-0.4, -0.2) is 11.9 Å². The topological polar surface area (TPSA) is 52.9 Å². The van der Waals surface area contributed by atoms with E-state index in [0.29, 0.717) is 11.3 Å². The molecule has 0 radical (unpaired) electrons. The highest BCUT2D eigenvalue weighted by atomic mass is 32.1. The van der Waals surface area contributed by atoms with Crippen molar-refractivity contribution in [2.24, 2.45) is 0 Å². The van der Waals surface area contributed by atoms with Crippen LogP contribution in [0.4, 0.5) is 0 Å². The van der Waals surface area contributed by atoms with Gasteiger partial charge in [0.25, 0.3) is 5.91 Å². The van der Waals surface area contributed by atoms with E-state index in [9.17, 15) is 4.79 Å². The molecule has 1 amide bonds. The van der Waals surface area contributed by atoms with E-state index in [-0.39, 0.29) is 11.9 Å². The number of amides is 1. The van der Waals surface area contributed by atoms with Crippen molar-refractivity contribution in [2.75, 3.05) is 0 Å². The van der Waals surface area contributed by atoms with Crippen molar-refractivity contribution in [3.05, 3.63) is 22.4 Å². The summed E-state index contributed by atoms with van der Waals surface area (Å²) in [6.45, 7) is 1.83. The molecular formula is C11H10N2OS2. The van der Waals surface area contributed by atoms with Gasteiger partial charge in [-0.05, 0) is 24.4 Å². The summed E-state index contributed by atoms with van der Waals surface area (Å²) in [5.41, 5.74) is 0. The summed E-state index contributed by atoms with van der Waals surface area (Å²) in [6, 6.07) is 5.85. The van der Waals surface area contributed by atoms with Gasteiger partial charge < -0.3 is 5.32 Å². The van der Waals surface area contributed by atoms with Gasteiger partial charge in [-0.25, -0.2) is 0 Å². The largest absolute Gasteiger partial charge is 0.348 e. The predicted molar refractivity (Wildman–Crippen MR) is 66.9 cm³/mol. The van der Waals surface area contributed by atoms with E-state index < -0.39 is 0 Å². The number of carbonyl (C=O) groups excluding carboxylic acids is 1. The molecule has 82 valence electrons. The van der Waals surface area contributed by atoms with Crippen molar-refractivity contribution in [3.8, 4) is 6.07 Å². The first-order chi connectivity index (χ1) is 7.70. The number of carbonyl (C=O) groups is 1. The molecule has 2 aromatic heterocycles. The molecule has 3 nitrogen and oxygen atoms in total. The molecule has 2 rings (SSSR count). The summed E-state index contributed by atoms with van der Waals surface area (Å²) in [4.78, 5) is 12.5. The molecule has 0 aliphatic carbocycles. The highest BCUT2D eigenvalue weighted by Gasteiger charge is 2.13. The fourth-order valence-corrected chi connectivity index (χ4v) is 3.37. The lowest BCUT2D eigenvalue weighted by atomic mass is 10.2. The smallest absolute Gasteiger partial charge is 0.261 e. The SMILES string of the molecule is CC(CC#N)NC(=O)c1cc2sccc2s1. The monoisotopic (exact) mass is 250 g/mol. The van der Waals surface area contributed by atoms with Gasteiger partial charge >= 0.3 is 0 Å². The minimum atomic E-state index is -0.0994. The number of hydrogen-bond donors (Lipinski definition) is 1. The van der Waals surface area contributed by atoms with Gasteiger partial charge in [0.1, 0.15) is 0 Å². The summed E-state index contributed by atoms with van der Waals surface area (Å²) in [5.74, 6) is -0.0869. The van der Waals surface area contributed by atoms with Crippen LogP contribution in [0.1, 0.15) is 23.0 Å². The van der Waals surface area contributed by atoms with E-state index >= 15 is 0 Å². The van der Waals surface area contributed by atoms with E-state index in [1.54, 1.807) is 11.3 Å². The van der Waals surface area contributed by atoms with Gasteiger partial charge in [0.2, 0.25) is 0 Å². The minimum absolute atomic E-state index is 0.0869. The molecule has 0 saturated heterocycles. The van der Waals surface area contributed by atoms with Crippen LogP contribution in [0, 0.1) is 11.3 Å². The zero-order valence-corrected chi connectivity index (χ0v) is 10.3. The highest BCUT2D eigenvalue weighted by molar-refractivity contribution is 7.27. The van der Waals surface area contributed by atoms with Crippen molar-refractivity contribution in [2.45, 2.75) is 19.4 Å². The number of nitrogens with zero attached hydrogens (tertiary/aromatic N) is 1. The Morgan fingerprint density at radius 3 is 3.12 bits per heavy atom. The van der Waals surface area contributed by atoms with E-state index in [1.165, 1.54) is 11.3 Å². The van der Waals surface area contributed by atoms with Crippen LogP contribution in [0.5, 0.6) is 0 Å². The summed E-state index contributed by atoms with van der Waals surface area (Å²) < 4.78 is 2.28. The van der Waals surface area contributed by atoms with Crippen LogP contribution in [-0.2, 0) is 0 Å². The van der Waals surface area contributed by atoms with Crippen molar-refractivity contribution in [1.29, 1.82) is 5.26 Å². The van der Waals surface area contributed by atoms with Gasteiger partial charge in [-0.15, -0.1) is 22.7 Å². The molecule has 0 saturated carbocycles. The predicted octanol–water partition coefficient (Wildman–Crippen LogP) is 2.99. The van der Waals surface area contributed by atoms with Gasteiger partial charge in [-0.2, -0.15) is 5.26 Å². The zero-order chi connectivity index (χ0) is 11.5. The van der Waals surface area contributed by atoms with Gasteiger partial charge in [-0.3, -0.25) is 4.79 Å². The maximum Gasteiger partial charge on any atom is 0.261 e. The Morgan fingerprint density at radius 2 is 2.44 bits per heavy atom. The maximum absolute atomic E-state index is 11.8. The van der Waals surface area contributed by atoms with Crippen molar-refractivity contribution < 1.29 is 4.79 Å². The van der Waals surface area contributed by atoms with Gasteiger partial charge in [0.15, 0.2) is 0 Å². The second-order valence-corrected chi connectivity index (χ2v) is 5.53. The maximum atomic E-state index is 11.8. The normalized spacial score (nSPS) is 12.2. The van der Waals surface area contributed by atoms with E-state index in [2.05, 4.69) is 5.32 Å². The lowest BCUT2D eigenvalue weighted by Crippen LogP contribution is -2.31. The van der Waals surface area contributed by atoms with Crippen molar-refractivity contribution >= 4 is 38.0 Å². The van der Waals surface area contributed by atoms with Gasteiger partial charge in [0, 0.05) is 15.4 Å². The quantitative estimate of drug-likeness (QED) is 0.910. The Labute approximate surface area is 101 Å². The van der Waals surface area contributed by atoms with E-state index in [0.717, 1.165) is 9.40 Å². The first kappa shape index (κ1) is 11.1. The third-order valence-electron chi connectivity index (χ3n) is 2.14.